The molecule has 4 unspecified atom stereocenters. The minimum atomic E-state index is -0.512. The summed E-state index contributed by atoms with van der Waals surface area (Å²) in [7, 11) is 0. The van der Waals surface area contributed by atoms with E-state index in [9.17, 15) is 15.0 Å². The predicted molar refractivity (Wildman–Crippen MR) is 150 cm³/mol. The number of likely N-dealkylation sites (tertiary alicyclic amines) is 1. The van der Waals surface area contributed by atoms with Crippen molar-refractivity contribution >= 4 is 5.91 Å². The van der Waals surface area contributed by atoms with Crippen LogP contribution in [-0.2, 0) is 27.4 Å². The van der Waals surface area contributed by atoms with Crippen LogP contribution in [0, 0.1) is 0 Å². The molecule has 0 radical (unpaired) electrons. The van der Waals surface area contributed by atoms with Crippen LogP contribution in [0.25, 0.3) is 11.1 Å². The number of benzene rings is 3. The van der Waals surface area contributed by atoms with Crippen LogP contribution in [0.1, 0.15) is 60.8 Å². The van der Waals surface area contributed by atoms with Gasteiger partial charge in [-0.1, -0.05) is 66.7 Å². The number of nitrogens with zero attached hydrogens (tertiary/aromatic N) is 1. The van der Waals surface area contributed by atoms with Crippen LogP contribution in [-0.4, -0.2) is 52.9 Å². The fourth-order valence-corrected chi connectivity index (χ4v) is 5.56. The molecular formula is C32H38N2O5. The van der Waals surface area contributed by atoms with Gasteiger partial charge < -0.3 is 25.0 Å². The first-order chi connectivity index (χ1) is 19.0. The molecule has 206 valence electrons. The lowest BCUT2D eigenvalue weighted by Crippen LogP contribution is -2.42. The molecule has 3 N–H and O–H groups in total. The number of aliphatic hydroxyl groups excluding tert-OH is 2. The molecule has 7 heteroatoms. The highest BCUT2D eigenvalue weighted by Crippen LogP contribution is 2.39. The maximum atomic E-state index is 11.3. The molecule has 2 saturated heterocycles. The fraction of sp³-hybridized carbons (Fsp3) is 0.406. The van der Waals surface area contributed by atoms with Gasteiger partial charge in [-0.05, 0) is 53.3 Å². The van der Waals surface area contributed by atoms with Crippen molar-refractivity contribution in [1.29, 1.82) is 0 Å². The highest BCUT2D eigenvalue weighted by molar-refractivity contribution is 5.73. The molecule has 5 rings (SSSR count). The second-order valence-electron chi connectivity index (χ2n) is 10.6. The topological polar surface area (TPSA) is 91.3 Å². The Morgan fingerprint density at radius 3 is 2.44 bits per heavy atom. The highest BCUT2D eigenvalue weighted by Gasteiger charge is 2.35. The number of carbonyl (C=O) groups is 1. The van der Waals surface area contributed by atoms with Crippen molar-refractivity contribution < 1.29 is 24.5 Å². The van der Waals surface area contributed by atoms with Gasteiger partial charge in [0.15, 0.2) is 6.29 Å². The average molecular weight is 531 g/mol. The lowest BCUT2D eigenvalue weighted by Gasteiger charge is -2.38. The van der Waals surface area contributed by atoms with Gasteiger partial charge in [0.25, 0.3) is 0 Å². The first kappa shape index (κ1) is 27.5. The van der Waals surface area contributed by atoms with Crippen molar-refractivity contribution in [3.05, 3.63) is 95.1 Å². The Morgan fingerprint density at radius 2 is 1.72 bits per heavy atom. The van der Waals surface area contributed by atoms with E-state index in [1.807, 2.05) is 36.4 Å². The molecule has 1 amide bonds. The molecule has 2 heterocycles. The number of hydrogen-bond acceptors (Lipinski definition) is 6. The largest absolute Gasteiger partial charge is 0.395 e. The minimum absolute atomic E-state index is 0.0141. The average Bonchev–Trinajstić information content (AvgIpc) is 3.43. The lowest BCUT2D eigenvalue weighted by atomic mass is 9.99. The number of rotatable bonds is 9. The fourth-order valence-electron chi connectivity index (χ4n) is 5.56. The first-order valence-electron chi connectivity index (χ1n) is 13.8. The lowest BCUT2D eigenvalue weighted by molar-refractivity contribution is -0.253. The van der Waals surface area contributed by atoms with Crippen molar-refractivity contribution in [2.45, 2.75) is 63.9 Å². The van der Waals surface area contributed by atoms with Gasteiger partial charge in [-0.2, -0.15) is 0 Å². The zero-order chi connectivity index (χ0) is 27.2. The number of ether oxygens (including phenoxy) is 2. The van der Waals surface area contributed by atoms with Crippen LogP contribution in [0.5, 0.6) is 0 Å². The third-order valence-corrected chi connectivity index (χ3v) is 7.75. The van der Waals surface area contributed by atoms with Crippen LogP contribution in [0.4, 0.5) is 0 Å². The summed E-state index contributed by atoms with van der Waals surface area (Å²) < 4.78 is 13.0. The zero-order valence-corrected chi connectivity index (χ0v) is 22.5. The van der Waals surface area contributed by atoms with Crippen molar-refractivity contribution in [1.82, 2.24) is 10.2 Å². The molecule has 3 aromatic carbocycles. The summed E-state index contributed by atoms with van der Waals surface area (Å²) in [4.78, 5) is 13.6. The molecular weight excluding hydrogens is 492 g/mol. The quantitative estimate of drug-likeness (QED) is 0.378. The van der Waals surface area contributed by atoms with Gasteiger partial charge in [0, 0.05) is 38.0 Å². The van der Waals surface area contributed by atoms with Crippen molar-refractivity contribution in [3.8, 4) is 11.1 Å². The maximum Gasteiger partial charge on any atom is 0.217 e. The SMILES string of the molecule is CC(=O)NCc1cccc(-c2ccc(C3OC(CN4CCCC4CO)CC(c4ccc(CO)cc4)O3)cc2)c1. The summed E-state index contributed by atoms with van der Waals surface area (Å²) in [5.74, 6) is -0.0465. The Hall–Kier alpha value is -3.07. The van der Waals surface area contributed by atoms with Gasteiger partial charge in [-0.25, -0.2) is 0 Å². The minimum Gasteiger partial charge on any atom is -0.395 e. The summed E-state index contributed by atoms with van der Waals surface area (Å²) in [6.45, 7) is 3.94. The molecule has 0 saturated carbocycles. The molecule has 2 fully saturated rings. The third-order valence-electron chi connectivity index (χ3n) is 7.75. The van der Waals surface area contributed by atoms with Crippen molar-refractivity contribution in [3.63, 3.8) is 0 Å². The standard InChI is InChI=1S/C32H38N2O5/c1-22(37)33-18-24-4-2-5-28(16-24)25-11-13-27(14-12-25)32-38-30(19-34-15-3-6-29(34)21-36)17-31(39-32)26-9-7-23(20-35)8-10-26/h2,4-5,7-14,16,29-32,35-36H,3,6,15,17-21H2,1H3,(H,33,37). The van der Waals surface area contributed by atoms with Gasteiger partial charge in [0.2, 0.25) is 5.91 Å². The summed E-state index contributed by atoms with van der Waals surface area (Å²) in [6.07, 6.45) is 2.15. The normalized spacial score (nSPS) is 23.6. The van der Waals surface area contributed by atoms with Gasteiger partial charge in [0.05, 0.1) is 25.4 Å². The Bertz CT molecular complexity index is 1230. The van der Waals surface area contributed by atoms with Crippen LogP contribution < -0.4 is 5.32 Å². The van der Waals surface area contributed by atoms with Crippen molar-refractivity contribution in [2.24, 2.45) is 0 Å². The van der Waals surface area contributed by atoms with E-state index < -0.39 is 6.29 Å². The van der Waals surface area contributed by atoms with E-state index in [1.54, 1.807) is 0 Å². The predicted octanol–water partition coefficient (Wildman–Crippen LogP) is 4.48. The van der Waals surface area contributed by atoms with E-state index in [1.165, 1.54) is 6.92 Å². The van der Waals surface area contributed by atoms with Crippen LogP contribution >= 0.6 is 0 Å². The summed E-state index contributed by atoms with van der Waals surface area (Å²) in [6, 6.07) is 24.6. The molecule has 7 nitrogen and oxygen atoms in total. The van der Waals surface area contributed by atoms with Crippen LogP contribution in [0.15, 0.2) is 72.8 Å². The number of nitrogens with one attached hydrogen (secondary N) is 1. The van der Waals surface area contributed by atoms with Crippen LogP contribution in [0.3, 0.4) is 0 Å². The molecule has 3 aromatic rings. The molecule has 4 atom stereocenters. The second-order valence-corrected chi connectivity index (χ2v) is 10.6. The van der Waals surface area contributed by atoms with Gasteiger partial charge in [0.1, 0.15) is 0 Å². The maximum absolute atomic E-state index is 11.3. The van der Waals surface area contributed by atoms with Crippen molar-refractivity contribution in [2.75, 3.05) is 19.7 Å². The molecule has 0 aromatic heterocycles. The molecule has 0 spiro atoms. The number of hydrogen-bond donors (Lipinski definition) is 3. The number of amides is 1. The second kappa shape index (κ2) is 12.9. The monoisotopic (exact) mass is 530 g/mol. The molecule has 2 aliphatic heterocycles. The number of aliphatic hydroxyl groups is 2. The van der Waals surface area contributed by atoms with E-state index in [-0.39, 0.29) is 37.4 Å². The van der Waals surface area contributed by atoms with Gasteiger partial charge in [-0.15, -0.1) is 0 Å². The van der Waals surface area contributed by atoms with E-state index in [0.717, 1.165) is 65.7 Å². The molecule has 39 heavy (non-hydrogen) atoms. The van der Waals surface area contributed by atoms with E-state index in [0.29, 0.717) is 6.54 Å². The highest BCUT2D eigenvalue weighted by atomic mass is 16.7. The summed E-state index contributed by atoms with van der Waals surface area (Å²) in [5.41, 5.74) is 6.10. The smallest absolute Gasteiger partial charge is 0.217 e. The summed E-state index contributed by atoms with van der Waals surface area (Å²) >= 11 is 0. The Morgan fingerprint density at radius 1 is 0.949 bits per heavy atom. The summed E-state index contributed by atoms with van der Waals surface area (Å²) in [5, 5.41) is 22.1. The third kappa shape index (κ3) is 6.93. The molecule has 2 aliphatic rings. The van der Waals surface area contributed by atoms with Crippen LogP contribution in [0.2, 0.25) is 0 Å². The zero-order valence-electron chi connectivity index (χ0n) is 22.5. The Balaban J connectivity index is 1.34. The first-order valence-corrected chi connectivity index (χ1v) is 13.8. The van der Waals surface area contributed by atoms with Gasteiger partial charge in [-0.3, -0.25) is 9.69 Å². The van der Waals surface area contributed by atoms with E-state index >= 15 is 0 Å². The molecule has 0 bridgehead atoms. The number of carbonyl (C=O) groups excluding carboxylic acids is 1. The van der Waals surface area contributed by atoms with E-state index in [2.05, 4.69) is 46.6 Å². The Labute approximate surface area is 230 Å². The molecule has 0 aliphatic carbocycles. The van der Waals surface area contributed by atoms with E-state index in [4.69, 9.17) is 9.47 Å². The van der Waals surface area contributed by atoms with Gasteiger partial charge >= 0.3 is 0 Å². The Kier molecular flexibility index (Phi) is 9.06.